The molecule has 0 fully saturated rings. The van der Waals surface area contributed by atoms with Gasteiger partial charge < -0.3 is 4.57 Å². The Hall–Kier alpha value is -4.43. The molecule has 0 unspecified atom stereocenters. The summed E-state index contributed by atoms with van der Waals surface area (Å²) in [6.45, 7) is 9.30. The Morgan fingerprint density at radius 2 is 1.28 bits per heavy atom. The Morgan fingerprint density at radius 3 is 2.13 bits per heavy atom. The van der Waals surface area contributed by atoms with E-state index in [0.717, 1.165) is 11.4 Å². The van der Waals surface area contributed by atoms with E-state index in [1.165, 1.54) is 60.9 Å². The fourth-order valence-corrected chi connectivity index (χ4v) is 7.17. The summed E-state index contributed by atoms with van der Waals surface area (Å²) in [5.41, 5.74) is 13.6. The SMILES string of the molecule is CC1(C)C(c2ccccc2)=Nc2c1ccc1c2c2ccccc2n1-c1ccc2c(c1)C(C)(C)c1ccccc1-2. The average molecular weight is 503 g/mol. The predicted octanol–water partition coefficient (Wildman–Crippen LogP) is 9.50. The monoisotopic (exact) mass is 502 g/mol. The molecule has 1 aliphatic carbocycles. The van der Waals surface area contributed by atoms with Gasteiger partial charge in [-0.2, -0.15) is 0 Å². The second-order valence-electron chi connectivity index (χ2n) is 12.1. The first-order valence-corrected chi connectivity index (χ1v) is 13.8. The highest BCUT2D eigenvalue weighted by Gasteiger charge is 2.38. The molecule has 2 aliphatic rings. The van der Waals surface area contributed by atoms with E-state index < -0.39 is 0 Å². The number of aliphatic imine (C=N–C) groups is 1. The molecule has 8 rings (SSSR count). The first-order chi connectivity index (χ1) is 18.9. The molecule has 1 aromatic heterocycles. The summed E-state index contributed by atoms with van der Waals surface area (Å²) in [4.78, 5) is 5.37. The first kappa shape index (κ1) is 22.5. The van der Waals surface area contributed by atoms with Crippen molar-refractivity contribution in [3.05, 3.63) is 131 Å². The van der Waals surface area contributed by atoms with Gasteiger partial charge in [0.2, 0.25) is 0 Å². The van der Waals surface area contributed by atoms with E-state index in [9.17, 15) is 0 Å². The van der Waals surface area contributed by atoms with Gasteiger partial charge >= 0.3 is 0 Å². The van der Waals surface area contributed by atoms with Crippen LogP contribution in [0.1, 0.15) is 49.9 Å². The van der Waals surface area contributed by atoms with Crippen molar-refractivity contribution in [1.82, 2.24) is 4.57 Å². The number of aromatic nitrogens is 1. The molecule has 188 valence electrons. The molecule has 0 N–H and O–H groups in total. The lowest BCUT2D eigenvalue weighted by molar-refractivity contribution is 0.660. The number of para-hydroxylation sites is 1. The van der Waals surface area contributed by atoms with Gasteiger partial charge in [-0.15, -0.1) is 0 Å². The summed E-state index contributed by atoms with van der Waals surface area (Å²) in [6.07, 6.45) is 0. The Labute approximate surface area is 229 Å². The van der Waals surface area contributed by atoms with Gasteiger partial charge in [-0.25, -0.2) is 0 Å². The van der Waals surface area contributed by atoms with Gasteiger partial charge in [0.25, 0.3) is 0 Å². The molecule has 0 spiro atoms. The van der Waals surface area contributed by atoms with Gasteiger partial charge in [0.15, 0.2) is 0 Å². The van der Waals surface area contributed by atoms with Crippen molar-refractivity contribution in [2.45, 2.75) is 38.5 Å². The second kappa shape index (κ2) is 7.57. The van der Waals surface area contributed by atoms with Crippen LogP contribution in [0.2, 0.25) is 0 Å². The zero-order chi connectivity index (χ0) is 26.5. The minimum Gasteiger partial charge on any atom is -0.309 e. The highest BCUT2D eigenvalue weighted by Crippen LogP contribution is 2.51. The fourth-order valence-electron chi connectivity index (χ4n) is 7.17. The topological polar surface area (TPSA) is 17.3 Å². The molecule has 0 saturated carbocycles. The maximum atomic E-state index is 5.37. The van der Waals surface area contributed by atoms with Gasteiger partial charge in [-0.3, -0.25) is 4.99 Å². The van der Waals surface area contributed by atoms with Crippen LogP contribution in [0.15, 0.2) is 114 Å². The van der Waals surface area contributed by atoms with E-state index in [1.54, 1.807) is 0 Å². The van der Waals surface area contributed by atoms with Crippen molar-refractivity contribution in [2.75, 3.05) is 0 Å². The van der Waals surface area contributed by atoms with Crippen LogP contribution in [-0.4, -0.2) is 10.3 Å². The molecule has 0 bridgehead atoms. The number of nitrogens with zero attached hydrogens (tertiary/aromatic N) is 2. The minimum atomic E-state index is -0.169. The van der Waals surface area contributed by atoms with E-state index in [-0.39, 0.29) is 10.8 Å². The maximum Gasteiger partial charge on any atom is 0.0775 e. The Balaban J connectivity index is 1.41. The van der Waals surface area contributed by atoms with Gasteiger partial charge in [-0.05, 0) is 57.6 Å². The van der Waals surface area contributed by atoms with E-state index in [2.05, 4.69) is 141 Å². The summed E-state index contributed by atoms with van der Waals surface area (Å²) in [5, 5.41) is 2.49. The van der Waals surface area contributed by atoms with Gasteiger partial charge in [-0.1, -0.05) is 113 Å². The smallest absolute Gasteiger partial charge is 0.0775 e. The lowest BCUT2D eigenvalue weighted by Crippen LogP contribution is -2.26. The molecule has 1 aliphatic heterocycles. The van der Waals surface area contributed by atoms with Crippen LogP contribution in [0, 0.1) is 0 Å². The van der Waals surface area contributed by atoms with Crippen molar-refractivity contribution >= 4 is 33.2 Å². The van der Waals surface area contributed by atoms with E-state index in [4.69, 9.17) is 4.99 Å². The van der Waals surface area contributed by atoms with E-state index in [0.29, 0.717) is 0 Å². The molecule has 0 radical (unpaired) electrons. The van der Waals surface area contributed by atoms with Crippen LogP contribution in [0.5, 0.6) is 0 Å². The quantitative estimate of drug-likeness (QED) is 0.224. The Kier molecular flexibility index (Phi) is 4.38. The average Bonchev–Trinajstić information content (AvgIpc) is 3.52. The molecule has 5 aromatic carbocycles. The van der Waals surface area contributed by atoms with Crippen LogP contribution in [-0.2, 0) is 10.8 Å². The van der Waals surface area contributed by atoms with Crippen LogP contribution in [0.4, 0.5) is 5.69 Å². The number of benzene rings is 5. The van der Waals surface area contributed by atoms with Gasteiger partial charge in [0, 0.05) is 27.3 Å². The Morgan fingerprint density at radius 1 is 0.564 bits per heavy atom. The van der Waals surface area contributed by atoms with Gasteiger partial charge in [0.05, 0.1) is 22.4 Å². The second-order valence-corrected chi connectivity index (χ2v) is 12.1. The van der Waals surface area contributed by atoms with E-state index in [1.807, 2.05) is 0 Å². The molecule has 2 heterocycles. The van der Waals surface area contributed by atoms with Crippen molar-refractivity contribution < 1.29 is 0 Å². The fraction of sp³-hybridized carbons (Fsp3) is 0.162. The normalized spacial score (nSPS) is 16.3. The van der Waals surface area contributed by atoms with Crippen LogP contribution < -0.4 is 0 Å². The van der Waals surface area contributed by atoms with Crippen molar-refractivity contribution in [3.8, 4) is 16.8 Å². The molecular formula is C37H30N2. The summed E-state index contributed by atoms with van der Waals surface area (Å²) in [5.74, 6) is 0. The standard InChI is InChI=1S/C37H30N2/c1-36(2)28-16-10-8-14-25(28)26-19-18-24(22-30(26)36)39-31-17-11-9-15-27(31)33-32(39)21-20-29-34(33)38-35(37(29,3)4)23-12-6-5-7-13-23/h5-22H,1-4H3. The molecule has 0 amide bonds. The molecule has 2 nitrogen and oxygen atoms in total. The third kappa shape index (κ3) is 2.89. The number of hydrogen-bond donors (Lipinski definition) is 0. The van der Waals surface area contributed by atoms with Crippen molar-refractivity contribution in [2.24, 2.45) is 4.99 Å². The highest BCUT2D eigenvalue weighted by molar-refractivity contribution is 6.21. The number of fused-ring (bicyclic) bond motifs is 8. The van der Waals surface area contributed by atoms with Crippen molar-refractivity contribution in [1.29, 1.82) is 0 Å². The summed E-state index contributed by atoms with van der Waals surface area (Å²) in [7, 11) is 0. The van der Waals surface area contributed by atoms with Crippen molar-refractivity contribution in [3.63, 3.8) is 0 Å². The molecule has 6 aromatic rings. The summed E-state index contributed by atoms with van der Waals surface area (Å²) in [6, 6.07) is 39.9. The maximum absolute atomic E-state index is 5.37. The molecular weight excluding hydrogens is 472 g/mol. The molecule has 0 atom stereocenters. The van der Waals surface area contributed by atoms with Crippen LogP contribution >= 0.6 is 0 Å². The molecule has 2 heteroatoms. The van der Waals surface area contributed by atoms with Crippen LogP contribution in [0.25, 0.3) is 38.6 Å². The zero-order valence-corrected chi connectivity index (χ0v) is 22.8. The molecule has 39 heavy (non-hydrogen) atoms. The van der Waals surface area contributed by atoms with E-state index >= 15 is 0 Å². The third-order valence-electron chi connectivity index (χ3n) is 9.17. The lowest BCUT2D eigenvalue weighted by Gasteiger charge is -2.23. The minimum absolute atomic E-state index is 0.0408. The highest BCUT2D eigenvalue weighted by atomic mass is 15.0. The predicted molar refractivity (Wildman–Crippen MR) is 164 cm³/mol. The number of hydrogen-bond acceptors (Lipinski definition) is 1. The third-order valence-corrected chi connectivity index (χ3v) is 9.17. The first-order valence-electron chi connectivity index (χ1n) is 13.8. The van der Waals surface area contributed by atoms with Crippen LogP contribution in [0.3, 0.4) is 0 Å². The van der Waals surface area contributed by atoms with Gasteiger partial charge in [0.1, 0.15) is 0 Å². The summed E-state index contributed by atoms with van der Waals surface area (Å²) >= 11 is 0. The summed E-state index contributed by atoms with van der Waals surface area (Å²) < 4.78 is 2.44. The number of rotatable bonds is 2. The zero-order valence-electron chi connectivity index (χ0n) is 22.8. The molecule has 0 saturated heterocycles. The Bertz CT molecular complexity index is 2000. The largest absolute Gasteiger partial charge is 0.309 e. The lowest BCUT2D eigenvalue weighted by atomic mass is 9.78.